The molecule has 1 aliphatic carbocycles. The van der Waals surface area contributed by atoms with Gasteiger partial charge in [0.15, 0.2) is 10.8 Å². The Balaban J connectivity index is 1.74. The lowest BCUT2D eigenvalue weighted by Crippen LogP contribution is -2.49. The van der Waals surface area contributed by atoms with Crippen LogP contribution in [0.3, 0.4) is 0 Å². The lowest BCUT2D eigenvalue weighted by molar-refractivity contribution is -0.181. The Hall–Kier alpha value is -2.17. The van der Waals surface area contributed by atoms with Gasteiger partial charge in [-0.25, -0.2) is 23.1 Å². The minimum Gasteiger partial charge on any atom is -0.335 e. The van der Waals surface area contributed by atoms with Crippen molar-refractivity contribution < 1.29 is 26.7 Å². The summed E-state index contributed by atoms with van der Waals surface area (Å²) in [6, 6.07) is -0.377. The highest BCUT2D eigenvalue weighted by atomic mass is 35.5. The van der Waals surface area contributed by atoms with Gasteiger partial charge in [0.25, 0.3) is 0 Å². The molecule has 3 heterocycles. The molecule has 152 valence electrons. The van der Waals surface area contributed by atoms with Crippen molar-refractivity contribution in [1.29, 1.82) is 0 Å². The molecule has 2 aliphatic rings. The number of amides is 2. The minimum atomic E-state index is -4.70. The van der Waals surface area contributed by atoms with Gasteiger partial charge < -0.3 is 5.32 Å². The van der Waals surface area contributed by atoms with Crippen molar-refractivity contribution in [2.45, 2.75) is 49.7 Å². The van der Waals surface area contributed by atoms with E-state index in [9.17, 15) is 26.7 Å². The van der Waals surface area contributed by atoms with E-state index in [4.69, 9.17) is 11.6 Å². The molecule has 6 nitrogen and oxygen atoms in total. The molecule has 4 rings (SSSR count). The van der Waals surface area contributed by atoms with Gasteiger partial charge >= 0.3 is 12.2 Å². The second kappa shape index (κ2) is 5.91. The average molecular weight is 424 g/mol. The normalized spacial score (nSPS) is 26.7. The van der Waals surface area contributed by atoms with Crippen molar-refractivity contribution in [3.63, 3.8) is 0 Å². The van der Waals surface area contributed by atoms with Crippen molar-refractivity contribution >= 4 is 29.0 Å². The van der Waals surface area contributed by atoms with Gasteiger partial charge in [-0.1, -0.05) is 11.6 Å². The highest BCUT2D eigenvalue weighted by Gasteiger charge is 2.60. The Morgan fingerprint density at radius 1 is 1.39 bits per heavy atom. The molecule has 12 heteroatoms. The molecular weight excluding hydrogens is 409 g/mol. The van der Waals surface area contributed by atoms with Crippen LogP contribution < -0.4 is 10.2 Å². The molecule has 0 radical (unpaired) electrons. The van der Waals surface area contributed by atoms with Crippen LogP contribution in [0.2, 0.25) is 5.15 Å². The largest absolute Gasteiger partial charge is 0.401 e. The Labute approximate surface area is 160 Å². The Morgan fingerprint density at radius 2 is 2.11 bits per heavy atom. The summed E-state index contributed by atoms with van der Waals surface area (Å²) >= 11 is 5.81. The van der Waals surface area contributed by atoms with E-state index >= 15 is 0 Å². The van der Waals surface area contributed by atoms with Gasteiger partial charge in [-0.05, 0) is 13.3 Å². The lowest BCUT2D eigenvalue weighted by Gasteiger charge is -2.28. The molecule has 1 unspecified atom stereocenters. The molecule has 1 saturated carbocycles. The van der Waals surface area contributed by atoms with Crippen LogP contribution in [-0.4, -0.2) is 45.3 Å². The van der Waals surface area contributed by atoms with Crippen molar-refractivity contribution in [3.05, 3.63) is 23.1 Å². The summed E-state index contributed by atoms with van der Waals surface area (Å²) < 4.78 is 69.6. The molecule has 1 aliphatic heterocycles. The number of alkyl halides is 5. The third-order valence-corrected chi connectivity index (χ3v) is 5.51. The van der Waals surface area contributed by atoms with Gasteiger partial charge in [0.1, 0.15) is 5.41 Å². The first kappa shape index (κ1) is 19.2. The second-order valence-corrected chi connectivity index (χ2v) is 7.78. The summed E-state index contributed by atoms with van der Waals surface area (Å²) in [4.78, 5) is 17.5. The first-order valence-corrected chi connectivity index (χ1v) is 8.86. The zero-order chi connectivity index (χ0) is 20.5. The Bertz CT molecular complexity index is 961. The number of hydrogen-bond donors (Lipinski definition) is 1. The second-order valence-electron chi connectivity index (χ2n) is 7.39. The topological polar surface area (TPSA) is 62.5 Å². The summed E-state index contributed by atoms with van der Waals surface area (Å²) in [5, 5.41) is 6.25. The maximum absolute atomic E-state index is 13.9. The lowest BCUT2D eigenvalue weighted by atomic mass is 9.88. The first-order chi connectivity index (χ1) is 12.9. The number of aromatic nitrogens is 3. The predicted molar refractivity (Wildman–Crippen MR) is 89.9 cm³/mol. The number of carbonyl (C=O) groups is 1. The van der Waals surface area contributed by atoms with E-state index in [1.54, 1.807) is 0 Å². The number of anilines is 1. The van der Waals surface area contributed by atoms with Gasteiger partial charge in [-0.2, -0.15) is 18.3 Å². The molecule has 0 bridgehead atoms. The van der Waals surface area contributed by atoms with Gasteiger partial charge in [-0.15, -0.1) is 0 Å². The molecule has 2 aromatic rings. The third kappa shape index (κ3) is 2.87. The Kier molecular flexibility index (Phi) is 4.05. The van der Waals surface area contributed by atoms with E-state index in [0.717, 1.165) is 22.5 Å². The van der Waals surface area contributed by atoms with Crippen molar-refractivity contribution in [1.82, 2.24) is 19.9 Å². The quantitative estimate of drug-likeness (QED) is 0.707. The minimum absolute atomic E-state index is 0.0403. The summed E-state index contributed by atoms with van der Waals surface area (Å²) in [5.74, 6) is -2.89. The molecule has 2 atom stereocenters. The molecule has 0 aromatic carbocycles. The third-order valence-electron chi connectivity index (χ3n) is 5.32. The maximum Gasteiger partial charge on any atom is 0.401 e. The average Bonchev–Trinajstić information content (AvgIpc) is 3.20. The molecule has 28 heavy (non-hydrogen) atoms. The van der Waals surface area contributed by atoms with Crippen LogP contribution in [-0.2, 0) is 5.41 Å². The molecule has 2 aromatic heterocycles. The molecule has 1 N–H and O–H groups in total. The predicted octanol–water partition coefficient (Wildman–Crippen LogP) is 3.92. The molecule has 2 amide bonds. The van der Waals surface area contributed by atoms with Crippen molar-refractivity contribution in [2.24, 2.45) is 0 Å². The monoisotopic (exact) mass is 423 g/mol. The van der Waals surface area contributed by atoms with Crippen molar-refractivity contribution in [2.75, 3.05) is 11.4 Å². The standard InChI is InChI=1S/C16H15ClF5N5O/c1-14(16(20,21)22)7-26(13(28)24-8-2-3-15(18,19)5-8)9-6-23-11-4-10(17)25-27(11)12(9)14/h4,6,8H,2-3,5,7H2,1H3,(H,24,28)/t8-,14?/m1/s1. The number of urea groups is 1. The van der Waals surface area contributed by atoms with Crippen LogP contribution in [0.4, 0.5) is 32.4 Å². The van der Waals surface area contributed by atoms with Gasteiger partial charge in [0, 0.05) is 31.5 Å². The number of nitrogens with zero attached hydrogens (tertiary/aromatic N) is 4. The summed E-state index contributed by atoms with van der Waals surface area (Å²) in [7, 11) is 0. The van der Waals surface area contributed by atoms with E-state index < -0.39 is 42.6 Å². The molecule has 1 fully saturated rings. The highest BCUT2D eigenvalue weighted by molar-refractivity contribution is 6.29. The fourth-order valence-corrected chi connectivity index (χ4v) is 3.99. The number of rotatable bonds is 1. The Morgan fingerprint density at radius 3 is 2.71 bits per heavy atom. The number of fused-ring (bicyclic) bond motifs is 3. The smallest absolute Gasteiger partial charge is 0.335 e. The van der Waals surface area contributed by atoms with Crippen molar-refractivity contribution in [3.8, 4) is 0 Å². The summed E-state index contributed by atoms with van der Waals surface area (Å²) in [5.41, 5.74) is -2.69. The van der Waals surface area contributed by atoms with Crippen LogP contribution in [0.1, 0.15) is 31.9 Å². The van der Waals surface area contributed by atoms with Crippen LogP contribution in [0.25, 0.3) is 5.65 Å². The first-order valence-electron chi connectivity index (χ1n) is 8.49. The number of hydrogen-bond acceptors (Lipinski definition) is 3. The number of carbonyl (C=O) groups excluding carboxylic acids is 1. The zero-order valence-corrected chi connectivity index (χ0v) is 15.3. The number of nitrogens with one attached hydrogen (secondary N) is 1. The highest BCUT2D eigenvalue weighted by Crippen LogP contribution is 2.50. The van der Waals surface area contributed by atoms with Crippen LogP contribution >= 0.6 is 11.6 Å². The van der Waals surface area contributed by atoms with Gasteiger partial charge in [0.2, 0.25) is 5.92 Å². The van der Waals surface area contributed by atoms with Gasteiger partial charge in [-0.3, -0.25) is 4.90 Å². The van der Waals surface area contributed by atoms with Crippen LogP contribution in [0, 0.1) is 0 Å². The van der Waals surface area contributed by atoms with E-state index in [-0.39, 0.29) is 35.0 Å². The molecule has 0 spiro atoms. The molecular formula is C16H15ClF5N5O. The van der Waals surface area contributed by atoms with E-state index in [2.05, 4.69) is 15.4 Å². The van der Waals surface area contributed by atoms with E-state index in [0.29, 0.717) is 0 Å². The van der Waals surface area contributed by atoms with E-state index in [1.807, 2.05) is 0 Å². The maximum atomic E-state index is 13.9. The summed E-state index contributed by atoms with van der Waals surface area (Å²) in [6.07, 6.45) is -4.42. The van der Waals surface area contributed by atoms with Gasteiger partial charge in [0.05, 0.1) is 17.6 Å². The fraction of sp³-hybridized carbons (Fsp3) is 0.562. The van der Waals surface area contributed by atoms with Crippen LogP contribution in [0.5, 0.6) is 0 Å². The van der Waals surface area contributed by atoms with Crippen LogP contribution in [0.15, 0.2) is 12.3 Å². The zero-order valence-electron chi connectivity index (χ0n) is 14.5. The fourth-order valence-electron chi connectivity index (χ4n) is 3.82. The SMILES string of the molecule is CC1(C(F)(F)F)CN(C(=O)N[C@@H]2CCC(F)(F)C2)c2cnc3cc(Cl)nn3c21. The number of halogens is 6. The summed E-state index contributed by atoms with van der Waals surface area (Å²) in [6.45, 7) is 0.233. The molecule has 0 saturated heterocycles. The van der Waals surface area contributed by atoms with E-state index in [1.165, 1.54) is 6.07 Å².